The number of hydrogen-bond acceptors (Lipinski definition) is 5. The fourth-order valence-corrected chi connectivity index (χ4v) is 4.16. The number of carbonyl (C=O) groups excluding carboxylic acids is 1. The summed E-state index contributed by atoms with van der Waals surface area (Å²) in [5, 5.41) is 8.92. The van der Waals surface area contributed by atoms with E-state index < -0.39 is 0 Å². The molecule has 1 fully saturated rings. The molecule has 1 aliphatic heterocycles. The van der Waals surface area contributed by atoms with Crippen molar-refractivity contribution in [2.45, 2.75) is 31.9 Å². The molecule has 1 saturated heterocycles. The molecule has 0 aliphatic carbocycles. The maximum atomic E-state index is 13.5. The van der Waals surface area contributed by atoms with E-state index in [2.05, 4.69) is 22.2 Å². The average molecular weight is 413 g/mol. The van der Waals surface area contributed by atoms with Gasteiger partial charge in [0.2, 0.25) is 0 Å². The predicted molar refractivity (Wildman–Crippen MR) is 117 cm³/mol. The summed E-state index contributed by atoms with van der Waals surface area (Å²) in [7, 11) is 0. The summed E-state index contributed by atoms with van der Waals surface area (Å²) in [6, 6.07) is 17.4. The van der Waals surface area contributed by atoms with E-state index in [-0.39, 0.29) is 18.1 Å². The quantitative estimate of drug-likeness (QED) is 0.508. The van der Waals surface area contributed by atoms with Gasteiger partial charge in [-0.3, -0.25) is 9.78 Å². The van der Waals surface area contributed by atoms with E-state index in [9.17, 15) is 4.79 Å². The lowest BCUT2D eigenvalue weighted by molar-refractivity contribution is 0.0388. The van der Waals surface area contributed by atoms with Crippen LogP contribution >= 0.6 is 0 Å². The van der Waals surface area contributed by atoms with Crippen molar-refractivity contribution < 1.29 is 9.53 Å². The summed E-state index contributed by atoms with van der Waals surface area (Å²) in [6.45, 7) is 2.62. The highest BCUT2D eigenvalue weighted by molar-refractivity contribution is 5.98. The third-order valence-electron chi connectivity index (χ3n) is 5.80. The number of amides is 1. The van der Waals surface area contributed by atoms with Crippen LogP contribution in [0.5, 0.6) is 5.75 Å². The summed E-state index contributed by atoms with van der Waals surface area (Å²) >= 11 is 0. The summed E-state index contributed by atoms with van der Waals surface area (Å²) < 4.78 is 8.00. The highest BCUT2D eigenvalue weighted by Crippen LogP contribution is 2.29. The van der Waals surface area contributed by atoms with Crippen LogP contribution in [0.3, 0.4) is 0 Å². The van der Waals surface area contributed by atoms with Crippen molar-refractivity contribution in [3.05, 3.63) is 78.8 Å². The first-order valence-corrected chi connectivity index (χ1v) is 10.5. The number of likely N-dealkylation sites (tertiary alicyclic amines) is 1. The monoisotopic (exact) mass is 413 g/mol. The van der Waals surface area contributed by atoms with E-state index in [4.69, 9.17) is 4.74 Å². The van der Waals surface area contributed by atoms with Gasteiger partial charge in [-0.25, -0.2) is 4.68 Å². The summed E-state index contributed by atoms with van der Waals surface area (Å²) in [4.78, 5) is 19.9. The molecule has 1 amide bonds. The molecule has 156 valence electrons. The molecule has 0 saturated carbocycles. The van der Waals surface area contributed by atoms with Crippen molar-refractivity contribution in [1.82, 2.24) is 24.9 Å². The van der Waals surface area contributed by atoms with Gasteiger partial charge in [0.25, 0.3) is 5.91 Å². The van der Waals surface area contributed by atoms with Crippen LogP contribution in [-0.2, 0) is 0 Å². The van der Waals surface area contributed by atoms with E-state index in [1.807, 2.05) is 59.5 Å². The van der Waals surface area contributed by atoms with Gasteiger partial charge in [-0.2, -0.15) is 0 Å². The Morgan fingerprint density at radius 1 is 1.03 bits per heavy atom. The van der Waals surface area contributed by atoms with Gasteiger partial charge in [-0.05, 0) is 56.2 Å². The Kier molecular flexibility index (Phi) is 5.08. The first-order chi connectivity index (χ1) is 15.2. The third kappa shape index (κ3) is 3.74. The van der Waals surface area contributed by atoms with Crippen LogP contribution in [0.4, 0.5) is 0 Å². The van der Waals surface area contributed by atoms with E-state index in [0.29, 0.717) is 12.1 Å². The minimum atomic E-state index is -0.0792. The second-order valence-corrected chi connectivity index (χ2v) is 7.81. The van der Waals surface area contributed by atoms with Gasteiger partial charge in [0.1, 0.15) is 11.9 Å². The number of benzene rings is 2. The Hall–Kier alpha value is -3.74. The SMILES string of the molecule is C[C@@H]1CC[C@@H](Oc2cccc3ncccc23)CN1C(=O)c1ccccc1-n1ccnn1. The lowest BCUT2D eigenvalue weighted by Crippen LogP contribution is -2.49. The van der Waals surface area contributed by atoms with Crippen molar-refractivity contribution in [2.75, 3.05) is 6.54 Å². The molecule has 2 atom stereocenters. The summed E-state index contributed by atoms with van der Waals surface area (Å²) in [6.07, 6.45) is 6.82. The molecule has 0 bridgehead atoms. The predicted octanol–water partition coefficient (Wildman–Crippen LogP) is 3.89. The lowest BCUT2D eigenvalue weighted by Gasteiger charge is -2.38. The second kappa shape index (κ2) is 8.18. The molecule has 31 heavy (non-hydrogen) atoms. The number of ether oxygens (including phenoxy) is 1. The molecule has 2 aromatic carbocycles. The largest absolute Gasteiger partial charge is 0.488 e. The zero-order valence-corrected chi connectivity index (χ0v) is 17.3. The van der Waals surface area contributed by atoms with Crippen molar-refractivity contribution in [3.63, 3.8) is 0 Å². The number of carbonyl (C=O) groups is 1. The number of rotatable bonds is 4. The third-order valence-corrected chi connectivity index (χ3v) is 5.80. The van der Waals surface area contributed by atoms with Crippen LogP contribution in [0.15, 0.2) is 73.2 Å². The van der Waals surface area contributed by atoms with Gasteiger partial charge in [0.15, 0.2) is 0 Å². The molecule has 1 aliphatic rings. The van der Waals surface area contributed by atoms with Gasteiger partial charge < -0.3 is 9.64 Å². The number of hydrogen-bond donors (Lipinski definition) is 0. The molecular formula is C24H23N5O2. The van der Waals surface area contributed by atoms with Crippen LogP contribution in [-0.4, -0.2) is 49.5 Å². The molecule has 7 nitrogen and oxygen atoms in total. The molecule has 0 spiro atoms. The first kappa shape index (κ1) is 19.2. The van der Waals surface area contributed by atoms with Gasteiger partial charge in [-0.15, -0.1) is 5.10 Å². The number of para-hydroxylation sites is 1. The lowest BCUT2D eigenvalue weighted by atomic mass is 9.99. The van der Waals surface area contributed by atoms with Crippen LogP contribution in [0.1, 0.15) is 30.1 Å². The van der Waals surface area contributed by atoms with Crippen molar-refractivity contribution in [2.24, 2.45) is 0 Å². The second-order valence-electron chi connectivity index (χ2n) is 7.81. The molecule has 2 aromatic heterocycles. The number of piperidine rings is 1. The topological polar surface area (TPSA) is 73.1 Å². The fraction of sp³-hybridized carbons (Fsp3) is 0.250. The Bertz CT molecular complexity index is 1200. The molecule has 4 aromatic rings. The Morgan fingerprint density at radius 2 is 1.94 bits per heavy atom. The molecule has 3 heterocycles. The number of fused-ring (bicyclic) bond motifs is 1. The van der Waals surface area contributed by atoms with E-state index >= 15 is 0 Å². The van der Waals surface area contributed by atoms with E-state index in [1.54, 1.807) is 23.3 Å². The smallest absolute Gasteiger partial charge is 0.256 e. The van der Waals surface area contributed by atoms with Crippen LogP contribution < -0.4 is 4.74 Å². The number of pyridine rings is 1. The number of nitrogens with zero attached hydrogens (tertiary/aromatic N) is 5. The molecule has 7 heteroatoms. The van der Waals surface area contributed by atoms with Crippen LogP contribution in [0.2, 0.25) is 0 Å². The van der Waals surface area contributed by atoms with Crippen molar-refractivity contribution in [1.29, 1.82) is 0 Å². The fourth-order valence-electron chi connectivity index (χ4n) is 4.16. The maximum absolute atomic E-state index is 13.5. The zero-order valence-electron chi connectivity index (χ0n) is 17.3. The first-order valence-electron chi connectivity index (χ1n) is 10.5. The van der Waals surface area contributed by atoms with Gasteiger partial charge in [0, 0.05) is 17.6 Å². The molecule has 5 rings (SSSR count). The molecule has 0 radical (unpaired) electrons. The highest BCUT2D eigenvalue weighted by atomic mass is 16.5. The Balaban J connectivity index is 1.40. The van der Waals surface area contributed by atoms with Gasteiger partial charge >= 0.3 is 0 Å². The van der Waals surface area contributed by atoms with Crippen LogP contribution in [0.25, 0.3) is 16.6 Å². The normalized spacial score (nSPS) is 18.8. The van der Waals surface area contributed by atoms with Crippen molar-refractivity contribution in [3.8, 4) is 11.4 Å². The van der Waals surface area contributed by atoms with Gasteiger partial charge in [-0.1, -0.05) is 23.4 Å². The summed E-state index contributed by atoms with van der Waals surface area (Å²) in [5.41, 5.74) is 2.23. The Labute approximate surface area is 180 Å². The van der Waals surface area contributed by atoms with E-state index in [1.165, 1.54) is 0 Å². The van der Waals surface area contributed by atoms with E-state index in [0.717, 1.165) is 35.2 Å². The Morgan fingerprint density at radius 3 is 2.81 bits per heavy atom. The summed E-state index contributed by atoms with van der Waals surface area (Å²) in [5.74, 6) is 0.784. The molecule has 0 N–H and O–H groups in total. The highest BCUT2D eigenvalue weighted by Gasteiger charge is 2.32. The average Bonchev–Trinajstić information content (AvgIpc) is 3.35. The maximum Gasteiger partial charge on any atom is 0.256 e. The zero-order chi connectivity index (χ0) is 21.2. The standard InChI is InChI=1S/C24H23N5O2/c1-17-11-12-18(31-23-10-4-8-21-19(23)7-5-13-25-21)16-28(17)24(30)20-6-2-3-9-22(20)29-15-14-26-27-29/h2-10,13-15,17-18H,11-12,16H2,1H3/t17-,18-/m1/s1. The minimum absolute atomic E-state index is 0.0218. The molecule has 0 unspecified atom stereocenters. The minimum Gasteiger partial charge on any atom is -0.488 e. The molecular weight excluding hydrogens is 390 g/mol. The van der Waals surface area contributed by atoms with Crippen molar-refractivity contribution >= 4 is 16.8 Å². The van der Waals surface area contributed by atoms with Gasteiger partial charge in [0.05, 0.1) is 35.7 Å². The van der Waals surface area contributed by atoms with Crippen LogP contribution in [0, 0.1) is 0 Å². The number of aromatic nitrogens is 4.